The number of aromatic amines is 1. The molecule has 0 unspecified atom stereocenters. The normalized spacial score (nSPS) is 26.4. The molecule has 2 aliphatic rings. The number of thiophene rings is 1. The third-order valence-electron chi connectivity index (χ3n) is 5.08. The van der Waals surface area contributed by atoms with Crippen molar-refractivity contribution >= 4 is 17.2 Å². The molecular formula is C18H21N3O2S. The SMILES string of the molecule is C[C@@H]1C[C@@H]1C(=O)N1CCC[C@@H](c2nc(-c3cccs3)cc(=O)[nH]2)C1. The molecule has 3 heterocycles. The Morgan fingerprint density at radius 3 is 3.00 bits per heavy atom. The van der Waals surface area contributed by atoms with Gasteiger partial charge in [-0.2, -0.15) is 0 Å². The summed E-state index contributed by atoms with van der Waals surface area (Å²) in [6.45, 7) is 3.62. The molecule has 2 fully saturated rings. The van der Waals surface area contributed by atoms with E-state index in [1.54, 1.807) is 17.4 Å². The lowest BCUT2D eigenvalue weighted by Crippen LogP contribution is -2.40. The fourth-order valence-corrected chi connectivity index (χ4v) is 4.21. The predicted molar refractivity (Wildman–Crippen MR) is 94.0 cm³/mol. The standard InChI is InChI=1S/C18H21N3O2S/c1-11-8-13(11)18(23)21-6-2-4-12(10-21)17-19-14(9-16(22)20-17)15-5-3-7-24-15/h3,5,7,9,11-13H,2,4,6,8,10H2,1H3,(H,19,20,22)/t11-,12-,13+/m1/s1. The van der Waals surface area contributed by atoms with E-state index in [2.05, 4.69) is 16.9 Å². The summed E-state index contributed by atoms with van der Waals surface area (Å²) >= 11 is 1.58. The summed E-state index contributed by atoms with van der Waals surface area (Å²) in [7, 11) is 0. The summed E-state index contributed by atoms with van der Waals surface area (Å²) in [5.74, 6) is 1.85. The minimum Gasteiger partial charge on any atom is -0.342 e. The van der Waals surface area contributed by atoms with Crippen LogP contribution in [0.15, 0.2) is 28.4 Å². The van der Waals surface area contributed by atoms with E-state index < -0.39 is 0 Å². The Morgan fingerprint density at radius 1 is 1.46 bits per heavy atom. The fraction of sp³-hybridized carbons (Fsp3) is 0.500. The number of hydrogen-bond acceptors (Lipinski definition) is 4. The van der Waals surface area contributed by atoms with Crippen molar-refractivity contribution in [3.8, 4) is 10.6 Å². The molecule has 126 valence electrons. The van der Waals surface area contributed by atoms with Gasteiger partial charge in [-0.3, -0.25) is 9.59 Å². The molecule has 1 saturated carbocycles. The highest BCUT2D eigenvalue weighted by Crippen LogP contribution is 2.40. The lowest BCUT2D eigenvalue weighted by molar-refractivity contribution is -0.134. The number of nitrogens with one attached hydrogen (secondary N) is 1. The monoisotopic (exact) mass is 343 g/mol. The number of nitrogens with zero attached hydrogens (tertiary/aromatic N) is 2. The number of H-pyrrole nitrogens is 1. The summed E-state index contributed by atoms with van der Waals surface area (Å²) in [4.78, 5) is 35.1. The van der Waals surface area contributed by atoms with E-state index >= 15 is 0 Å². The van der Waals surface area contributed by atoms with E-state index in [0.29, 0.717) is 18.3 Å². The third kappa shape index (κ3) is 3.02. The van der Waals surface area contributed by atoms with E-state index in [0.717, 1.165) is 36.4 Å². The first-order valence-electron chi connectivity index (χ1n) is 8.56. The zero-order valence-corrected chi connectivity index (χ0v) is 14.5. The van der Waals surface area contributed by atoms with Gasteiger partial charge in [0, 0.05) is 31.0 Å². The summed E-state index contributed by atoms with van der Waals surface area (Å²) in [5.41, 5.74) is 0.602. The Labute approximate surface area is 144 Å². The average Bonchev–Trinajstić information content (AvgIpc) is 3.09. The Balaban J connectivity index is 1.57. The Hall–Kier alpha value is -1.95. The lowest BCUT2D eigenvalue weighted by Gasteiger charge is -2.32. The van der Waals surface area contributed by atoms with Gasteiger partial charge in [0.2, 0.25) is 5.91 Å². The van der Waals surface area contributed by atoms with Crippen LogP contribution >= 0.6 is 11.3 Å². The van der Waals surface area contributed by atoms with Gasteiger partial charge in [-0.15, -0.1) is 11.3 Å². The number of rotatable bonds is 3. The first kappa shape index (κ1) is 15.6. The molecule has 0 radical (unpaired) electrons. The van der Waals surface area contributed by atoms with Crippen LogP contribution in [0.3, 0.4) is 0 Å². The van der Waals surface area contributed by atoms with Gasteiger partial charge in [0.15, 0.2) is 0 Å². The van der Waals surface area contributed by atoms with Gasteiger partial charge in [0.25, 0.3) is 5.56 Å². The maximum Gasteiger partial charge on any atom is 0.251 e. The molecule has 2 aromatic heterocycles. The van der Waals surface area contributed by atoms with Crippen LogP contribution in [0.5, 0.6) is 0 Å². The molecule has 0 aromatic carbocycles. The van der Waals surface area contributed by atoms with Gasteiger partial charge >= 0.3 is 0 Å². The zero-order valence-electron chi connectivity index (χ0n) is 13.7. The molecule has 0 spiro atoms. The molecule has 24 heavy (non-hydrogen) atoms. The Kier molecular flexibility index (Phi) is 4.00. The quantitative estimate of drug-likeness (QED) is 0.932. The Bertz CT molecular complexity index is 799. The Morgan fingerprint density at radius 2 is 2.29 bits per heavy atom. The molecule has 2 aromatic rings. The fourth-order valence-electron chi connectivity index (χ4n) is 3.52. The highest BCUT2D eigenvalue weighted by Gasteiger charge is 2.42. The first-order chi connectivity index (χ1) is 11.6. The maximum atomic E-state index is 12.5. The second kappa shape index (κ2) is 6.16. The molecular weight excluding hydrogens is 322 g/mol. The van der Waals surface area contributed by atoms with Crippen LogP contribution in [0.2, 0.25) is 0 Å². The van der Waals surface area contributed by atoms with Crippen LogP contribution in [-0.2, 0) is 4.79 Å². The number of amides is 1. The van der Waals surface area contributed by atoms with Crippen LogP contribution in [0.4, 0.5) is 0 Å². The van der Waals surface area contributed by atoms with Crippen LogP contribution < -0.4 is 5.56 Å². The van der Waals surface area contributed by atoms with Crippen molar-refractivity contribution < 1.29 is 4.79 Å². The zero-order chi connectivity index (χ0) is 16.7. The van der Waals surface area contributed by atoms with E-state index in [1.165, 1.54) is 0 Å². The number of hydrogen-bond donors (Lipinski definition) is 1. The van der Waals surface area contributed by atoms with Crippen LogP contribution in [0.25, 0.3) is 10.6 Å². The summed E-state index contributed by atoms with van der Waals surface area (Å²) in [6, 6.07) is 5.48. The largest absolute Gasteiger partial charge is 0.342 e. The number of likely N-dealkylation sites (tertiary alicyclic amines) is 1. The second-order valence-corrected chi connectivity index (χ2v) is 7.88. The second-order valence-electron chi connectivity index (χ2n) is 6.94. The molecule has 1 aliphatic carbocycles. The molecule has 5 nitrogen and oxygen atoms in total. The van der Waals surface area contributed by atoms with Crippen LogP contribution in [-0.4, -0.2) is 33.9 Å². The van der Waals surface area contributed by atoms with E-state index in [-0.39, 0.29) is 23.3 Å². The van der Waals surface area contributed by atoms with Crippen LogP contribution in [0.1, 0.15) is 37.9 Å². The molecule has 0 bridgehead atoms. The smallest absolute Gasteiger partial charge is 0.251 e. The van der Waals surface area contributed by atoms with Crippen molar-refractivity contribution in [1.82, 2.24) is 14.9 Å². The molecule has 1 saturated heterocycles. The number of piperidine rings is 1. The lowest BCUT2D eigenvalue weighted by atomic mass is 9.96. The highest BCUT2D eigenvalue weighted by molar-refractivity contribution is 7.13. The molecule has 6 heteroatoms. The van der Waals surface area contributed by atoms with E-state index in [4.69, 9.17) is 0 Å². The predicted octanol–water partition coefficient (Wildman–Crippen LogP) is 2.86. The summed E-state index contributed by atoms with van der Waals surface area (Å²) < 4.78 is 0. The molecule has 1 N–H and O–H groups in total. The van der Waals surface area contributed by atoms with Gasteiger partial charge in [-0.05, 0) is 36.6 Å². The van der Waals surface area contributed by atoms with E-state index in [1.807, 2.05) is 22.4 Å². The van der Waals surface area contributed by atoms with Gasteiger partial charge in [0.1, 0.15) is 5.82 Å². The number of carbonyl (C=O) groups is 1. The number of carbonyl (C=O) groups excluding carboxylic acids is 1. The van der Waals surface area contributed by atoms with Crippen molar-refractivity contribution in [2.24, 2.45) is 11.8 Å². The first-order valence-corrected chi connectivity index (χ1v) is 9.43. The minimum atomic E-state index is -0.123. The van der Waals surface area contributed by atoms with E-state index in [9.17, 15) is 9.59 Å². The van der Waals surface area contributed by atoms with Crippen LogP contribution in [0, 0.1) is 11.8 Å². The average molecular weight is 343 g/mol. The van der Waals surface area contributed by atoms with Crippen molar-refractivity contribution in [3.63, 3.8) is 0 Å². The van der Waals surface area contributed by atoms with Gasteiger partial charge < -0.3 is 9.88 Å². The number of aromatic nitrogens is 2. The summed E-state index contributed by atoms with van der Waals surface area (Å²) in [5, 5.41) is 1.98. The summed E-state index contributed by atoms with van der Waals surface area (Å²) in [6.07, 6.45) is 2.94. The van der Waals surface area contributed by atoms with Gasteiger partial charge in [-0.25, -0.2) is 4.98 Å². The minimum absolute atomic E-state index is 0.115. The van der Waals surface area contributed by atoms with Crippen molar-refractivity contribution in [2.45, 2.75) is 32.1 Å². The van der Waals surface area contributed by atoms with Gasteiger partial charge in [-0.1, -0.05) is 13.0 Å². The van der Waals surface area contributed by atoms with Gasteiger partial charge in [0.05, 0.1) is 10.6 Å². The maximum absolute atomic E-state index is 12.5. The highest BCUT2D eigenvalue weighted by atomic mass is 32.1. The molecule has 1 aliphatic heterocycles. The van der Waals surface area contributed by atoms with Crippen molar-refractivity contribution in [3.05, 3.63) is 39.8 Å². The van der Waals surface area contributed by atoms with Crippen molar-refractivity contribution in [2.75, 3.05) is 13.1 Å². The molecule has 1 amide bonds. The van der Waals surface area contributed by atoms with Crippen molar-refractivity contribution in [1.29, 1.82) is 0 Å². The topological polar surface area (TPSA) is 66.1 Å². The molecule has 3 atom stereocenters. The molecule has 4 rings (SSSR count). The third-order valence-corrected chi connectivity index (χ3v) is 5.97.